The third-order valence-corrected chi connectivity index (χ3v) is 3.22. The molecule has 7 nitrogen and oxygen atoms in total. The van der Waals surface area contributed by atoms with Gasteiger partial charge in [-0.25, -0.2) is 0 Å². The first-order valence-electron chi connectivity index (χ1n) is 5.21. The molecule has 18 heavy (non-hydrogen) atoms. The van der Waals surface area contributed by atoms with Gasteiger partial charge in [-0.05, 0) is 6.92 Å². The fourth-order valence-electron chi connectivity index (χ4n) is 1.53. The Hall–Kier alpha value is -1.38. The van der Waals surface area contributed by atoms with E-state index in [4.69, 9.17) is 9.66 Å². The zero-order valence-corrected chi connectivity index (χ0v) is 11.0. The van der Waals surface area contributed by atoms with Crippen LogP contribution in [0, 0.1) is 6.92 Å². The van der Waals surface area contributed by atoms with Crippen molar-refractivity contribution in [3.63, 3.8) is 0 Å². The van der Waals surface area contributed by atoms with E-state index in [2.05, 4.69) is 4.98 Å². The Kier molecular flexibility index (Phi) is 4.49. The van der Waals surface area contributed by atoms with Crippen molar-refractivity contribution >= 4 is 15.8 Å². The summed E-state index contributed by atoms with van der Waals surface area (Å²) in [5.74, 6) is -0.575. The number of aromatic nitrogens is 1. The lowest BCUT2D eigenvalue weighted by Gasteiger charge is -2.22. The highest BCUT2D eigenvalue weighted by molar-refractivity contribution is 7.85. The quantitative estimate of drug-likeness (QED) is 0.644. The maximum absolute atomic E-state index is 10.7. The Morgan fingerprint density at radius 1 is 1.44 bits per heavy atom. The number of hydrogen-bond acceptors (Lipinski definition) is 6. The number of hydrogen-bond donors (Lipinski definition) is 3. The summed E-state index contributed by atoms with van der Waals surface area (Å²) >= 11 is 0. The number of rotatable bonds is 5. The van der Waals surface area contributed by atoms with Crippen LogP contribution in [0.5, 0.6) is 5.75 Å². The molecule has 0 atom stereocenters. The van der Waals surface area contributed by atoms with E-state index in [0.29, 0.717) is 16.9 Å². The topological polar surface area (TPSA) is 111 Å². The van der Waals surface area contributed by atoms with Crippen molar-refractivity contribution in [2.75, 3.05) is 24.2 Å². The van der Waals surface area contributed by atoms with Gasteiger partial charge in [0.05, 0.1) is 23.7 Å². The zero-order chi connectivity index (χ0) is 13.9. The molecule has 0 spiro atoms. The zero-order valence-electron chi connectivity index (χ0n) is 10.2. The molecule has 0 aliphatic heterocycles. The van der Waals surface area contributed by atoms with Crippen molar-refractivity contribution in [3.8, 4) is 5.75 Å². The smallest absolute Gasteiger partial charge is 0.266 e. The van der Waals surface area contributed by atoms with Gasteiger partial charge >= 0.3 is 0 Å². The van der Waals surface area contributed by atoms with Crippen molar-refractivity contribution in [1.29, 1.82) is 0 Å². The van der Waals surface area contributed by atoms with E-state index in [0.717, 1.165) is 0 Å². The van der Waals surface area contributed by atoms with Crippen LogP contribution in [0.15, 0.2) is 6.20 Å². The number of aromatic hydroxyl groups is 1. The lowest BCUT2D eigenvalue weighted by atomic mass is 10.2. The molecule has 1 heterocycles. The fourth-order valence-corrected chi connectivity index (χ4v) is 2.03. The first kappa shape index (κ1) is 14.7. The number of aliphatic hydroxyl groups is 1. The molecule has 102 valence electrons. The van der Waals surface area contributed by atoms with Crippen molar-refractivity contribution in [2.45, 2.75) is 13.5 Å². The van der Waals surface area contributed by atoms with Gasteiger partial charge in [-0.1, -0.05) is 0 Å². The molecule has 0 saturated carbocycles. The summed E-state index contributed by atoms with van der Waals surface area (Å²) in [6.07, 6.45) is 1.41. The van der Waals surface area contributed by atoms with E-state index >= 15 is 0 Å². The van der Waals surface area contributed by atoms with Gasteiger partial charge in [0.2, 0.25) is 0 Å². The van der Waals surface area contributed by atoms with Crippen molar-refractivity contribution in [3.05, 3.63) is 17.5 Å². The summed E-state index contributed by atoms with van der Waals surface area (Å²) in [4.78, 5) is 5.34. The number of anilines is 1. The third-order valence-electron chi connectivity index (χ3n) is 2.52. The molecule has 0 aliphatic rings. The van der Waals surface area contributed by atoms with Crippen LogP contribution in [0.25, 0.3) is 0 Å². The van der Waals surface area contributed by atoms with Gasteiger partial charge in [0.15, 0.2) is 5.75 Å². The first-order chi connectivity index (χ1) is 8.26. The van der Waals surface area contributed by atoms with E-state index in [1.54, 1.807) is 14.0 Å². The second-order valence-corrected chi connectivity index (χ2v) is 5.50. The van der Waals surface area contributed by atoms with E-state index in [1.165, 1.54) is 11.1 Å². The van der Waals surface area contributed by atoms with Crippen LogP contribution in [-0.2, 0) is 16.7 Å². The molecule has 3 N–H and O–H groups in total. The van der Waals surface area contributed by atoms with Gasteiger partial charge in [0, 0.05) is 25.4 Å². The maximum atomic E-state index is 10.7. The van der Waals surface area contributed by atoms with Gasteiger partial charge in [-0.2, -0.15) is 8.42 Å². The Morgan fingerprint density at radius 2 is 2.06 bits per heavy atom. The highest BCUT2D eigenvalue weighted by Gasteiger charge is 2.17. The molecule has 0 saturated heterocycles. The van der Waals surface area contributed by atoms with Crippen LogP contribution in [0.4, 0.5) is 5.69 Å². The van der Waals surface area contributed by atoms with Crippen LogP contribution in [0.1, 0.15) is 11.3 Å². The molecule has 0 bridgehead atoms. The second-order valence-electron chi connectivity index (χ2n) is 3.93. The molecule has 1 aromatic rings. The minimum absolute atomic E-state index is 0.0111. The predicted octanol–water partition coefficient (Wildman–Crippen LogP) is -0.0881. The number of pyridine rings is 1. The molecule has 0 fully saturated rings. The number of aliphatic hydroxyl groups excluding tert-OH is 1. The number of nitrogens with zero attached hydrogens (tertiary/aromatic N) is 2. The van der Waals surface area contributed by atoms with Crippen LogP contribution in [-0.4, -0.2) is 47.5 Å². The summed E-state index contributed by atoms with van der Waals surface area (Å²) in [5.41, 5.74) is 1.07. The van der Waals surface area contributed by atoms with Crippen LogP contribution < -0.4 is 4.90 Å². The highest BCUT2D eigenvalue weighted by atomic mass is 32.2. The molecule has 0 radical (unpaired) electrons. The Morgan fingerprint density at radius 3 is 2.56 bits per heavy atom. The normalized spacial score (nSPS) is 11.6. The fraction of sp³-hybridized carbons (Fsp3) is 0.500. The summed E-state index contributed by atoms with van der Waals surface area (Å²) in [5, 5.41) is 19.0. The molecule has 1 aromatic heterocycles. The number of aryl methyl sites for hydroxylation is 1. The Bertz CT molecular complexity index is 529. The lowest BCUT2D eigenvalue weighted by Crippen LogP contribution is -2.26. The molecular formula is C10H16N2O5S. The average Bonchev–Trinajstić information content (AvgIpc) is 2.28. The average molecular weight is 276 g/mol. The molecular weight excluding hydrogens is 260 g/mol. The third kappa shape index (κ3) is 3.56. The van der Waals surface area contributed by atoms with Crippen LogP contribution >= 0.6 is 0 Å². The largest absolute Gasteiger partial charge is 0.504 e. The van der Waals surface area contributed by atoms with E-state index < -0.39 is 15.9 Å². The molecule has 8 heteroatoms. The van der Waals surface area contributed by atoms with Gasteiger partial charge in [-0.15, -0.1) is 0 Å². The van der Waals surface area contributed by atoms with Gasteiger partial charge < -0.3 is 15.1 Å². The van der Waals surface area contributed by atoms with Crippen LogP contribution in [0.2, 0.25) is 0 Å². The van der Waals surface area contributed by atoms with E-state index in [1.807, 2.05) is 0 Å². The van der Waals surface area contributed by atoms with Crippen molar-refractivity contribution in [2.24, 2.45) is 0 Å². The van der Waals surface area contributed by atoms with E-state index in [-0.39, 0.29) is 18.9 Å². The molecule has 0 unspecified atom stereocenters. The van der Waals surface area contributed by atoms with Crippen molar-refractivity contribution < 1.29 is 23.2 Å². The van der Waals surface area contributed by atoms with Gasteiger partial charge in [-0.3, -0.25) is 9.54 Å². The minimum Gasteiger partial charge on any atom is -0.504 e. The summed E-state index contributed by atoms with van der Waals surface area (Å²) in [6.45, 7) is 1.26. The monoisotopic (exact) mass is 276 g/mol. The summed E-state index contributed by atoms with van der Waals surface area (Å²) in [7, 11) is -2.52. The van der Waals surface area contributed by atoms with E-state index in [9.17, 15) is 13.5 Å². The van der Waals surface area contributed by atoms with Gasteiger partial charge in [0.1, 0.15) is 0 Å². The summed E-state index contributed by atoms with van der Waals surface area (Å²) < 4.78 is 30.0. The first-order valence-corrected chi connectivity index (χ1v) is 6.81. The SMILES string of the molecule is Cc1ncc(CO)c(N(C)CCS(=O)(=O)O)c1O. The standard InChI is InChI=1S/C10H16N2O5S/c1-7-10(14)9(8(6-13)5-11-7)12(2)3-4-18(15,16)17/h5,13-14H,3-4,6H2,1-2H3,(H,15,16,17). The summed E-state index contributed by atoms with van der Waals surface area (Å²) in [6, 6.07) is 0. The second kappa shape index (κ2) is 5.51. The minimum atomic E-state index is -4.07. The van der Waals surface area contributed by atoms with Gasteiger partial charge in [0.25, 0.3) is 10.1 Å². The molecule has 0 aliphatic carbocycles. The lowest BCUT2D eigenvalue weighted by molar-refractivity contribution is 0.281. The molecule has 0 aromatic carbocycles. The maximum Gasteiger partial charge on any atom is 0.266 e. The van der Waals surface area contributed by atoms with Crippen LogP contribution in [0.3, 0.4) is 0 Å². The Balaban J connectivity index is 3.04. The predicted molar refractivity (Wildman–Crippen MR) is 66.2 cm³/mol. The molecule has 1 rings (SSSR count). The highest BCUT2D eigenvalue weighted by Crippen LogP contribution is 2.32. The Labute approximate surface area is 105 Å². The molecule has 0 amide bonds. The van der Waals surface area contributed by atoms with Crippen molar-refractivity contribution in [1.82, 2.24) is 4.98 Å².